The van der Waals surface area contributed by atoms with Gasteiger partial charge in [0.25, 0.3) is 5.91 Å². The van der Waals surface area contributed by atoms with E-state index in [9.17, 15) is 9.59 Å². The Morgan fingerprint density at radius 3 is 2.85 bits per heavy atom. The Kier molecular flexibility index (Phi) is 4.29. The smallest absolute Gasteiger partial charge is 0.257 e. The molecule has 2 aliphatic heterocycles. The molecule has 1 atom stereocenters. The highest BCUT2D eigenvalue weighted by molar-refractivity contribution is 6.08. The second-order valence-corrected chi connectivity index (χ2v) is 7.66. The van der Waals surface area contributed by atoms with Crippen molar-refractivity contribution < 1.29 is 9.59 Å². The second-order valence-electron chi connectivity index (χ2n) is 7.66. The van der Waals surface area contributed by atoms with Gasteiger partial charge in [-0.15, -0.1) is 0 Å². The molecule has 6 nitrogen and oxygen atoms in total. The fourth-order valence-corrected chi connectivity index (χ4v) is 4.60. The van der Waals surface area contributed by atoms with Gasteiger partial charge in [-0.2, -0.15) is 5.10 Å². The maximum Gasteiger partial charge on any atom is 0.257 e. The van der Waals surface area contributed by atoms with Gasteiger partial charge in [0.15, 0.2) is 0 Å². The number of hydrogen-bond donors (Lipinski definition) is 0. The largest absolute Gasteiger partial charge is 0.337 e. The van der Waals surface area contributed by atoms with Crippen LogP contribution in [0.2, 0.25) is 0 Å². The number of nitrogens with zero attached hydrogens (tertiary/aromatic N) is 4. The molecule has 1 saturated heterocycles. The second kappa shape index (κ2) is 6.51. The van der Waals surface area contributed by atoms with Crippen molar-refractivity contribution in [2.75, 3.05) is 25.0 Å². The molecule has 0 bridgehead atoms. The molecular weight excluding hydrogens is 340 g/mol. The number of para-hydroxylation sites is 1. The van der Waals surface area contributed by atoms with E-state index in [-0.39, 0.29) is 11.8 Å². The van der Waals surface area contributed by atoms with E-state index in [1.54, 1.807) is 11.1 Å². The van der Waals surface area contributed by atoms with E-state index in [0.29, 0.717) is 18.7 Å². The molecule has 1 spiro atoms. The highest BCUT2D eigenvalue weighted by Crippen LogP contribution is 2.46. The number of hydrogen-bond acceptors (Lipinski definition) is 3. The van der Waals surface area contributed by atoms with Crippen LogP contribution in [-0.4, -0.2) is 46.6 Å². The first-order valence-corrected chi connectivity index (χ1v) is 9.69. The van der Waals surface area contributed by atoms with Gasteiger partial charge in [0, 0.05) is 38.1 Å². The molecule has 4 rings (SSSR count). The summed E-state index contributed by atoms with van der Waals surface area (Å²) in [5, 5.41) is 4.37. The molecule has 0 N–H and O–H groups in total. The lowest BCUT2D eigenvalue weighted by Gasteiger charge is -2.39. The molecule has 1 fully saturated rings. The van der Waals surface area contributed by atoms with E-state index in [0.717, 1.165) is 42.8 Å². The summed E-state index contributed by atoms with van der Waals surface area (Å²) >= 11 is 0. The van der Waals surface area contributed by atoms with Crippen LogP contribution in [0.3, 0.4) is 0 Å². The number of likely N-dealkylation sites (tertiary alicyclic amines) is 1. The third kappa shape index (κ3) is 2.58. The van der Waals surface area contributed by atoms with Crippen molar-refractivity contribution in [2.45, 2.75) is 45.1 Å². The van der Waals surface area contributed by atoms with E-state index in [1.165, 1.54) is 0 Å². The molecule has 0 radical (unpaired) electrons. The van der Waals surface area contributed by atoms with Gasteiger partial charge in [0.1, 0.15) is 0 Å². The van der Waals surface area contributed by atoms with Gasteiger partial charge in [-0.3, -0.25) is 14.3 Å². The monoisotopic (exact) mass is 366 g/mol. The fourth-order valence-electron chi connectivity index (χ4n) is 4.60. The predicted molar refractivity (Wildman–Crippen MR) is 104 cm³/mol. The highest BCUT2D eigenvalue weighted by Gasteiger charge is 2.52. The van der Waals surface area contributed by atoms with Crippen molar-refractivity contribution in [3.8, 4) is 0 Å². The molecule has 0 unspecified atom stereocenters. The van der Waals surface area contributed by atoms with Crippen molar-refractivity contribution in [3.63, 3.8) is 0 Å². The summed E-state index contributed by atoms with van der Waals surface area (Å²) in [5.41, 5.74) is 2.94. The number of carbonyl (C=O) groups is 2. The minimum atomic E-state index is -0.618. The number of fused-ring (bicyclic) bond motifs is 2. The van der Waals surface area contributed by atoms with Crippen LogP contribution in [-0.2, 0) is 16.8 Å². The summed E-state index contributed by atoms with van der Waals surface area (Å²) in [7, 11) is 1.83. The lowest BCUT2D eigenvalue weighted by Crippen LogP contribution is -2.53. The van der Waals surface area contributed by atoms with Gasteiger partial charge in [-0.25, -0.2) is 0 Å². The summed E-state index contributed by atoms with van der Waals surface area (Å²) in [4.78, 5) is 30.0. The van der Waals surface area contributed by atoms with Gasteiger partial charge >= 0.3 is 0 Å². The van der Waals surface area contributed by atoms with E-state index in [4.69, 9.17) is 0 Å². The van der Waals surface area contributed by atoms with Crippen LogP contribution in [0.1, 0.15) is 47.8 Å². The van der Waals surface area contributed by atoms with E-state index >= 15 is 0 Å². The molecule has 1 aromatic heterocycles. The summed E-state index contributed by atoms with van der Waals surface area (Å²) < 4.78 is 1.89. The van der Waals surface area contributed by atoms with Crippen molar-refractivity contribution >= 4 is 17.5 Å². The van der Waals surface area contributed by atoms with Crippen LogP contribution in [0.4, 0.5) is 5.69 Å². The first-order chi connectivity index (χ1) is 13.0. The Labute approximate surface area is 159 Å². The number of aryl methyl sites for hydroxylation is 1. The minimum Gasteiger partial charge on any atom is -0.337 e. The highest BCUT2D eigenvalue weighted by atomic mass is 16.2. The fraction of sp³-hybridized carbons (Fsp3) is 0.476. The van der Waals surface area contributed by atoms with Gasteiger partial charge < -0.3 is 9.80 Å². The molecule has 142 valence electrons. The van der Waals surface area contributed by atoms with E-state index in [2.05, 4.69) is 12.0 Å². The Morgan fingerprint density at radius 2 is 2.07 bits per heavy atom. The number of aromatic nitrogens is 2. The van der Waals surface area contributed by atoms with Gasteiger partial charge in [0.05, 0.1) is 17.2 Å². The van der Waals surface area contributed by atoms with Crippen molar-refractivity contribution in [3.05, 3.63) is 47.3 Å². The zero-order chi connectivity index (χ0) is 19.2. The first kappa shape index (κ1) is 17.8. The summed E-state index contributed by atoms with van der Waals surface area (Å²) in [6.45, 7) is 5.96. The molecular formula is C21H26N4O2. The van der Waals surface area contributed by atoms with Crippen molar-refractivity contribution in [1.82, 2.24) is 14.7 Å². The van der Waals surface area contributed by atoms with E-state index < -0.39 is 5.41 Å². The molecule has 0 saturated carbocycles. The number of amides is 2. The van der Waals surface area contributed by atoms with Crippen LogP contribution in [0.5, 0.6) is 0 Å². The lowest BCUT2D eigenvalue weighted by atomic mass is 9.75. The Bertz CT molecular complexity index is 903. The van der Waals surface area contributed by atoms with Crippen molar-refractivity contribution in [1.29, 1.82) is 0 Å². The lowest BCUT2D eigenvalue weighted by molar-refractivity contribution is -0.124. The maximum atomic E-state index is 13.2. The number of benzene rings is 1. The molecule has 1 aromatic carbocycles. The van der Waals surface area contributed by atoms with Crippen molar-refractivity contribution in [2.24, 2.45) is 0 Å². The maximum absolute atomic E-state index is 13.2. The average Bonchev–Trinajstić information content (AvgIpc) is 3.15. The third-order valence-electron chi connectivity index (χ3n) is 6.04. The van der Waals surface area contributed by atoms with Crippen LogP contribution >= 0.6 is 0 Å². The van der Waals surface area contributed by atoms with Crippen LogP contribution in [0.15, 0.2) is 30.5 Å². The van der Waals surface area contributed by atoms with Crippen LogP contribution in [0, 0.1) is 6.92 Å². The molecule has 27 heavy (non-hydrogen) atoms. The predicted octanol–water partition coefficient (Wildman–Crippen LogP) is 2.75. The normalized spacial score (nSPS) is 21.8. The average molecular weight is 366 g/mol. The summed E-state index contributed by atoms with van der Waals surface area (Å²) in [5.74, 6) is 0.0772. The van der Waals surface area contributed by atoms with Gasteiger partial charge in [-0.05, 0) is 37.8 Å². The summed E-state index contributed by atoms with van der Waals surface area (Å²) in [6.07, 6.45) is 4.25. The molecule has 2 aliphatic rings. The summed E-state index contributed by atoms with van der Waals surface area (Å²) in [6, 6.07) is 7.96. The Hall–Kier alpha value is -2.63. The topological polar surface area (TPSA) is 58.4 Å². The number of likely N-dealkylation sites (N-methyl/N-ethyl adjacent to an activating group) is 1. The third-order valence-corrected chi connectivity index (χ3v) is 6.04. The molecule has 2 amide bonds. The number of anilines is 1. The van der Waals surface area contributed by atoms with Gasteiger partial charge in [0.2, 0.25) is 5.91 Å². The number of carbonyl (C=O) groups excluding carboxylic acids is 2. The van der Waals surface area contributed by atoms with E-state index in [1.807, 2.05) is 47.8 Å². The molecule has 2 aromatic rings. The molecule has 6 heteroatoms. The van der Waals surface area contributed by atoms with Crippen LogP contribution in [0.25, 0.3) is 0 Å². The van der Waals surface area contributed by atoms with Crippen LogP contribution < -0.4 is 4.90 Å². The number of piperidine rings is 1. The zero-order valence-electron chi connectivity index (χ0n) is 16.2. The first-order valence-electron chi connectivity index (χ1n) is 9.69. The molecule has 3 heterocycles. The number of rotatable bonds is 3. The zero-order valence-corrected chi connectivity index (χ0v) is 16.2. The Morgan fingerprint density at radius 1 is 1.30 bits per heavy atom. The quantitative estimate of drug-likeness (QED) is 0.839. The minimum absolute atomic E-state index is 0.0197. The van der Waals surface area contributed by atoms with Gasteiger partial charge in [-0.1, -0.05) is 25.1 Å². The molecule has 0 aliphatic carbocycles. The SMILES string of the molecule is CCCn1ncc(C(=O)N2CCC[C@@]3(C2)C(=O)N(C)c2ccccc23)c1C. The standard InChI is InChI=1S/C21H26N4O2/c1-4-11-25-15(2)16(13-22-25)19(26)24-12-7-10-21(14-24)17-8-5-6-9-18(17)23(3)20(21)27/h5-6,8-9,13H,4,7,10-12,14H2,1-3H3/t21-/m0/s1. The Balaban J connectivity index is 1.66.